The first-order chi connectivity index (χ1) is 10.8. The molecule has 22 heavy (non-hydrogen) atoms. The Hall–Kier alpha value is -2.29. The summed E-state index contributed by atoms with van der Waals surface area (Å²) < 4.78 is 5.23. The molecular weight excluding hydrogens is 274 g/mol. The predicted octanol–water partition coefficient (Wildman–Crippen LogP) is 3.60. The molecular formula is C19H21NO2. The van der Waals surface area contributed by atoms with Crippen molar-refractivity contribution in [3.8, 4) is 5.75 Å². The van der Waals surface area contributed by atoms with Crippen molar-refractivity contribution in [3.63, 3.8) is 0 Å². The summed E-state index contributed by atoms with van der Waals surface area (Å²) in [7, 11) is 1.65. The van der Waals surface area contributed by atoms with E-state index < -0.39 is 0 Å². The van der Waals surface area contributed by atoms with E-state index >= 15 is 0 Å². The summed E-state index contributed by atoms with van der Waals surface area (Å²) in [6.45, 7) is 0.850. The molecule has 2 aromatic carbocycles. The summed E-state index contributed by atoms with van der Waals surface area (Å²) in [6.07, 6.45) is 2.55. The number of likely N-dealkylation sites (tertiary alicyclic amines) is 1. The number of rotatable bonds is 4. The third-order valence-corrected chi connectivity index (χ3v) is 4.25. The highest BCUT2D eigenvalue weighted by atomic mass is 16.5. The van der Waals surface area contributed by atoms with Crippen LogP contribution < -0.4 is 4.74 Å². The molecule has 0 bridgehead atoms. The third kappa shape index (κ3) is 3.14. The van der Waals surface area contributed by atoms with E-state index in [-0.39, 0.29) is 11.9 Å². The SMILES string of the molecule is COc1cccc(CC(=O)N2CCCC2c2ccccc2)c1. The predicted molar refractivity (Wildman–Crippen MR) is 86.8 cm³/mol. The van der Waals surface area contributed by atoms with Gasteiger partial charge in [0.15, 0.2) is 0 Å². The van der Waals surface area contributed by atoms with Crippen molar-refractivity contribution in [2.45, 2.75) is 25.3 Å². The third-order valence-electron chi connectivity index (χ3n) is 4.25. The summed E-state index contributed by atoms with van der Waals surface area (Å²) >= 11 is 0. The lowest BCUT2D eigenvalue weighted by Crippen LogP contribution is -2.31. The number of nitrogens with zero attached hydrogens (tertiary/aromatic N) is 1. The molecule has 0 aromatic heterocycles. The summed E-state index contributed by atoms with van der Waals surface area (Å²) in [4.78, 5) is 14.7. The maximum absolute atomic E-state index is 12.7. The number of amides is 1. The lowest BCUT2D eigenvalue weighted by molar-refractivity contribution is -0.131. The average molecular weight is 295 g/mol. The van der Waals surface area contributed by atoms with Crippen LogP contribution in [0.1, 0.15) is 30.0 Å². The number of hydrogen-bond acceptors (Lipinski definition) is 2. The van der Waals surface area contributed by atoms with E-state index in [9.17, 15) is 4.79 Å². The smallest absolute Gasteiger partial charge is 0.227 e. The van der Waals surface area contributed by atoms with Crippen LogP contribution in [-0.4, -0.2) is 24.5 Å². The van der Waals surface area contributed by atoms with Crippen LogP contribution in [0, 0.1) is 0 Å². The molecule has 0 saturated carbocycles. The molecule has 1 saturated heterocycles. The van der Waals surface area contributed by atoms with Gasteiger partial charge in [-0.25, -0.2) is 0 Å². The van der Waals surface area contributed by atoms with E-state index in [1.165, 1.54) is 5.56 Å². The number of methoxy groups -OCH3 is 1. The number of ether oxygens (including phenoxy) is 1. The van der Waals surface area contributed by atoms with E-state index in [4.69, 9.17) is 4.74 Å². The lowest BCUT2D eigenvalue weighted by Gasteiger charge is -2.25. The van der Waals surface area contributed by atoms with Gasteiger partial charge in [0.1, 0.15) is 5.75 Å². The Kier molecular flexibility index (Phi) is 4.42. The first-order valence-electron chi connectivity index (χ1n) is 7.75. The van der Waals surface area contributed by atoms with Crippen LogP contribution in [-0.2, 0) is 11.2 Å². The molecule has 0 aliphatic carbocycles. The zero-order chi connectivity index (χ0) is 15.4. The standard InChI is InChI=1S/C19H21NO2/c1-22-17-10-5-7-15(13-17)14-19(21)20-12-6-11-18(20)16-8-3-2-4-9-16/h2-5,7-10,13,18H,6,11-12,14H2,1H3. The van der Waals surface area contributed by atoms with Crippen molar-refractivity contribution in [2.75, 3.05) is 13.7 Å². The van der Waals surface area contributed by atoms with Crippen LogP contribution in [0.25, 0.3) is 0 Å². The lowest BCUT2D eigenvalue weighted by atomic mass is 10.0. The molecule has 3 heteroatoms. The van der Waals surface area contributed by atoms with Crippen molar-refractivity contribution in [1.29, 1.82) is 0 Å². The Morgan fingerprint density at radius 3 is 2.77 bits per heavy atom. The van der Waals surface area contributed by atoms with Crippen LogP contribution in [0.5, 0.6) is 5.75 Å². The Bertz CT molecular complexity index is 639. The fourth-order valence-electron chi connectivity index (χ4n) is 3.15. The van der Waals surface area contributed by atoms with Gasteiger partial charge in [-0.05, 0) is 36.1 Å². The zero-order valence-electron chi connectivity index (χ0n) is 12.9. The molecule has 1 aliphatic rings. The second-order valence-electron chi connectivity index (χ2n) is 5.68. The van der Waals surface area contributed by atoms with Gasteiger partial charge in [0.25, 0.3) is 0 Å². The molecule has 2 aromatic rings. The topological polar surface area (TPSA) is 29.5 Å². The van der Waals surface area contributed by atoms with Crippen molar-refractivity contribution >= 4 is 5.91 Å². The van der Waals surface area contributed by atoms with Gasteiger partial charge < -0.3 is 9.64 Å². The van der Waals surface area contributed by atoms with Gasteiger partial charge in [0.2, 0.25) is 5.91 Å². The molecule has 0 radical (unpaired) electrons. The van der Waals surface area contributed by atoms with Gasteiger partial charge in [0.05, 0.1) is 19.6 Å². The van der Waals surface area contributed by atoms with Crippen molar-refractivity contribution < 1.29 is 9.53 Å². The quantitative estimate of drug-likeness (QED) is 0.862. The van der Waals surface area contributed by atoms with Crippen LogP contribution in [0.4, 0.5) is 0 Å². The summed E-state index contributed by atoms with van der Waals surface area (Å²) in [5.41, 5.74) is 2.24. The number of hydrogen-bond donors (Lipinski definition) is 0. The van der Waals surface area contributed by atoms with Gasteiger partial charge in [-0.2, -0.15) is 0 Å². The van der Waals surface area contributed by atoms with E-state index in [1.807, 2.05) is 47.4 Å². The molecule has 1 heterocycles. The summed E-state index contributed by atoms with van der Waals surface area (Å²) in [5, 5.41) is 0. The van der Waals surface area contributed by atoms with E-state index in [2.05, 4.69) is 12.1 Å². The van der Waals surface area contributed by atoms with Crippen molar-refractivity contribution in [2.24, 2.45) is 0 Å². The molecule has 1 aliphatic heterocycles. The fourth-order valence-corrected chi connectivity index (χ4v) is 3.15. The average Bonchev–Trinajstić information content (AvgIpc) is 3.05. The maximum Gasteiger partial charge on any atom is 0.227 e. The van der Waals surface area contributed by atoms with Crippen LogP contribution in [0.2, 0.25) is 0 Å². The first kappa shape index (κ1) is 14.6. The van der Waals surface area contributed by atoms with E-state index in [0.717, 1.165) is 30.7 Å². The van der Waals surface area contributed by atoms with Crippen LogP contribution >= 0.6 is 0 Å². The van der Waals surface area contributed by atoms with Gasteiger partial charge >= 0.3 is 0 Å². The van der Waals surface area contributed by atoms with Crippen LogP contribution in [0.15, 0.2) is 54.6 Å². The van der Waals surface area contributed by atoms with Gasteiger partial charge in [0, 0.05) is 6.54 Å². The van der Waals surface area contributed by atoms with Crippen LogP contribution in [0.3, 0.4) is 0 Å². The monoisotopic (exact) mass is 295 g/mol. The number of carbonyl (C=O) groups excluding carboxylic acids is 1. The fraction of sp³-hybridized carbons (Fsp3) is 0.316. The highest BCUT2D eigenvalue weighted by Gasteiger charge is 2.29. The van der Waals surface area contributed by atoms with Crippen molar-refractivity contribution in [3.05, 3.63) is 65.7 Å². The largest absolute Gasteiger partial charge is 0.497 e. The van der Waals surface area contributed by atoms with Gasteiger partial charge in [-0.15, -0.1) is 0 Å². The minimum atomic E-state index is 0.194. The zero-order valence-corrected chi connectivity index (χ0v) is 12.9. The number of benzene rings is 2. The summed E-state index contributed by atoms with van der Waals surface area (Å²) in [6, 6.07) is 18.3. The van der Waals surface area contributed by atoms with E-state index in [0.29, 0.717) is 6.42 Å². The van der Waals surface area contributed by atoms with Crippen molar-refractivity contribution in [1.82, 2.24) is 4.90 Å². The van der Waals surface area contributed by atoms with E-state index in [1.54, 1.807) is 7.11 Å². The molecule has 3 nitrogen and oxygen atoms in total. The molecule has 0 spiro atoms. The Labute approximate surface area is 131 Å². The summed E-state index contributed by atoms with van der Waals surface area (Å²) in [5.74, 6) is 0.992. The highest BCUT2D eigenvalue weighted by Crippen LogP contribution is 2.32. The molecule has 3 rings (SSSR count). The first-order valence-corrected chi connectivity index (χ1v) is 7.75. The Balaban J connectivity index is 1.73. The Morgan fingerprint density at radius 2 is 2.00 bits per heavy atom. The molecule has 1 unspecified atom stereocenters. The minimum Gasteiger partial charge on any atom is -0.497 e. The molecule has 0 N–H and O–H groups in total. The molecule has 1 atom stereocenters. The Morgan fingerprint density at radius 1 is 1.18 bits per heavy atom. The minimum absolute atomic E-state index is 0.194. The van der Waals surface area contributed by atoms with Gasteiger partial charge in [-0.3, -0.25) is 4.79 Å². The van der Waals surface area contributed by atoms with Gasteiger partial charge in [-0.1, -0.05) is 42.5 Å². The second kappa shape index (κ2) is 6.65. The normalized spacial score (nSPS) is 17.5. The molecule has 1 fully saturated rings. The maximum atomic E-state index is 12.7. The molecule has 114 valence electrons. The molecule has 1 amide bonds. The number of carbonyl (C=O) groups is 1. The second-order valence-corrected chi connectivity index (χ2v) is 5.68. The highest BCUT2D eigenvalue weighted by molar-refractivity contribution is 5.79.